The van der Waals surface area contributed by atoms with Gasteiger partial charge in [-0.1, -0.05) is 11.6 Å². The van der Waals surface area contributed by atoms with Crippen molar-refractivity contribution in [2.75, 3.05) is 26.8 Å². The maximum absolute atomic E-state index is 12.7. The molecule has 2 aromatic carbocycles. The van der Waals surface area contributed by atoms with Crippen LogP contribution in [0, 0.1) is 12.8 Å². The van der Waals surface area contributed by atoms with E-state index in [1.165, 1.54) is 0 Å². The number of hydrogen-bond donors (Lipinski definition) is 0. The standard InChI is InChI=1S/C26H30ClN3O3/c1-18-14-24-21(15-23(18)25(31)4-3-13-33-2)17-30(28-24)16-19-9-11-29(12-10-19)26(32)20-5-7-22(27)8-6-20/h5-8,14-15,17,19H,3-4,9-13,16H2,1-2H3. The summed E-state index contributed by atoms with van der Waals surface area (Å²) in [5.74, 6) is 0.676. The van der Waals surface area contributed by atoms with E-state index in [0.29, 0.717) is 29.5 Å². The van der Waals surface area contributed by atoms with Gasteiger partial charge in [0.25, 0.3) is 5.91 Å². The normalized spacial score (nSPS) is 14.7. The highest BCUT2D eigenvalue weighted by atomic mass is 35.5. The number of halogens is 1. The lowest BCUT2D eigenvalue weighted by Crippen LogP contribution is -2.39. The van der Waals surface area contributed by atoms with E-state index in [-0.39, 0.29) is 11.7 Å². The van der Waals surface area contributed by atoms with Gasteiger partial charge in [0.05, 0.1) is 5.52 Å². The summed E-state index contributed by atoms with van der Waals surface area (Å²) in [4.78, 5) is 27.2. The van der Waals surface area contributed by atoms with E-state index < -0.39 is 0 Å². The predicted molar refractivity (Wildman–Crippen MR) is 130 cm³/mol. The van der Waals surface area contributed by atoms with E-state index in [1.54, 1.807) is 31.4 Å². The Labute approximate surface area is 199 Å². The molecule has 174 valence electrons. The fourth-order valence-electron chi connectivity index (χ4n) is 4.49. The van der Waals surface area contributed by atoms with E-state index in [2.05, 4.69) is 0 Å². The third-order valence-electron chi connectivity index (χ3n) is 6.39. The molecular formula is C26H30ClN3O3. The number of Topliss-reactive ketones (excluding diaryl/α,β-unsaturated/α-hetero) is 1. The van der Waals surface area contributed by atoms with Gasteiger partial charge in [-0.3, -0.25) is 14.3 Å². The topological polar surface area (TPSA) is 64.4 Å². The second-order valence-electron chi connectivity index (χ2n) is 8.84. The fourth-order valence-corrected chi connectivity index (χ4v) is 4.62. The number of rotatable bonds is 8. The van der Waals surface area contributed by atoms with Crippen molar-refractivity contribution >= 4 is 34.2 Å². The molecule has 7 heteroatoms. The largest absolute Gasteiger partial charge is 0.385 e. The molecule has 1 amide bonds. The SMILES string of the molecule is COCCCC(=O)c1cc2cn(CC3CCN(C(=O)c4ccc(Cl)cc4)CC3)nc2cc1C. The number of carbonyl (C=O) groups is 2. The number of aryl methyl sites for hydroxylation is 1. The number of likely N-dealkylation sites (tertiary alicyclic amines) is 1. The number of amides is 1. The summed E-state index contributed by atoms with van der Waals surface area (Å²) < 4.78 is 7.05. The quantitative estimate of drug-likeness (QED) is 0.339. The molecule has 1 saturated heterocycles. The first-order valence-corrected chi connectivity index (χ1v) is 11.9. The van der Waals surface area contributed by atoms with Crippen LogP contribution in [-0.4, -0.2) is 53.2 Å². The van der Waals surface area contributed by atoms with Crippen molar-refractivity contribution in [1.29, 1.82) is 0 Å². The summed E-state index contributed by atoms with van der Waals surface area (Å²) in [6, 6.07) is 11.0. The molecule has 4 rings (SSSR count). The Bertz CT molecular complexity index is 1130. The van der Waals surface area contributed by atoms with Crippen molar-refractivity contribution in [1.82, 2.24) is 14.7 Å². The molecule has 3 aromatic rings. The van der Waals surface area contributed by atoms with Gasteiger partial charge in [-0.25, -0.2) is 0 Å². The monoisotopic (exact) mass is 467 g/mol. The van der Waals surface area contributed by atoms with Crippen LogP contribution < -0.4 is 0 Å². The van der Waals surface area contributed by atoms with Crippen molar-refractivity contribution in [2.24, 2.45) is 5.92 Å². The third kappa shape index (κ3) is 5.63. The average Bonchev–Trinajstić information content (AvgIpc) is 3.20. The Balaban J connectivity index is 1.37. The van der Waals surface area contributed by atoms with Crippen molar-refractivity contribution in [3.63, 3.8) is 0 Å². The summed E-state index contributed by atoms with van der Waals surface area (Å²) in [6.07, 6.45) is 5.13. The number of carbonyl (C=O) groups excluding carboxylic acids is 2. The lowest BCUT2D eigenvalue weighted by atomic mass is 9.96. The highest BCUT2D eigenvalue weighted by molar-refractivity contribution is 6.30. The number of hydrogen-bond acceptors (Lipinski definition) is 4. The number of methoxy groups -OCH3 is 1. The number of aromatic nitrogens is 2. The van der Waals surface area contributed by atoms with E-state index in [0.717, 1.165) is 60.9 Å². The Morgan fingerprint density at radius 2 is 1.88 bits per heavy atom. The molecule has 0 N–H and O–H groups in total. The molecule has 0 unspecified atom stereocenters. The van der Waals surface area contributed by atoms with Crippen LogP contribution in [0.2, 0.25) is 5.02 Å². The van der Waals surface area contributed by atoms with E-state index in [9.17, 15) is 9.59 Å². The molecule has 0 bridgehead atoms. The average molecular weight is 468 g/mol. The number of piperidine rings is 1. The van der Waals surface area contributed by atoms with Gasteiger partial charge >= 0.3 is 0 Å². The molecule has 1 aromatic heterocycles. The van der Waals surface area contributed by atoms with Crippen LogP contribution in [0.4, 0.5) is 0 Å². The second-order valence-corrected chi connectivity index (χ2v) is 9.28. The van der Waals surface area contributed by atoms with Gasteiger partial charge in [0.1, 0.15) is 0 Å². The van der Waals surface area contributed by atoms with Crippen LogP contribution in [0.3, 0.4) is 0 Å². The fraction of sp³-hybridized carbons (Fsp3) is 0.423. The maximum atomic E-state index is 12.7. The molecule has 0 spiro atoms. The molecule has 0 atom stereocenters. The minimum Gasteiger partial charge on any atom is -0.385 e. The van der Waals surface area contributed by atoms with E-state index in [1.807, 2.05) is 34.8 Å². The minimum atomic E-state index is 0.0631. The number of ketones is 1. The lowest BCUT2D eigenvalue weighted by molar-refractivity contribution is 0.0681. The summed E-state index contributed by atoms with van der Waals surface area (Å²) in [5.41, 5.74) is 3.33. The minimum absolute atomic E-state index is 0.0631. The zero-order valence-electron chi connectivity index (χ0n) is 19.2. The first kappa shape index (κ1) is 23.5. The van der Waals surface area contributed by atoms with Gasteiger partial charge in [0, 0.05) is 67.5 Å². The third-order valence-corrected chi connectivity index (χ3v) is 6.64. The molecule has 1 aliphatic heterocycles. The van der Waals surface area contributed by atoms with Gasteiger partial charge in [-0.05, 0) is 74.1 Å². The highest BCUT2D eigenvalue weighted by Crippen LogP contribution is 2.24. The van der Waals surface area contributed by atoms with E-state index >= 15 is 0 Å². The first-order valence-electron chi connectivity index (χ1n) is 11.5. The van der Waals surface area contributed by atoms with Crippen molar-refractivity contribution in [2.45, 2.75) is 39.2 Å². The maximum Gasteiger partial charge on any atom is 0.253 e. The Morgan fingerprint density at radius 1 is 1.15 bits per heavy atom. The zero-order chi connectivity index (χ0) is 23.4. The predicted octanol–water partition coefficient (Wildman–Crippen LogP) is 5.16. The summed E-state index contributed by atoms with van der Waals surface area (Å²) in [5, 5.41) is 6.37. The van der Waals surface area contributed by atoms with Crippen LogP contribution >= 0.6 is 11.6 Å². The van der Waals surface area contributed by atoms with E-state index in [4.69, 9.17) is 21.4 Å². The summed E-state index contributed by atoms with van der Waals surface area (Å²) >= 11 is 5.93. The van der Waals surface area contributed by atoms with Gasteiger partial charge in [-0.15, -0.1) is 0 Å². The summed E-state index contributed by atoms with van der Waals surface area (Å²) in [6.45, 7) is 4.86. The molecule has 0 aliphatic carbocycles. The smallest absolute Gasteiger partial charge is 0.253 e. The van der Waals surface area contributed by atoms with Gasteiger partial charge in [0.2, 0.25) is 0 Å². The van der Waals surface area contributed by atoms with Crippen LogP contribution in [-0.2, 0) is 11.3 Å². The van der Waals surface area contributed by atoms with Crippen LogP contribution in [0.1, 0.15) is 52.0 Å². The number of ether oxygens (including phenoxy) is 1. The molecule has 0 saturated carbocycles. The van der Waals surface area contributed by atoms with Gasteiger partial charge < -0.3 is 9.64 Å². The van der Waals surface area contributed by atoms with Crippen molar-refractivity contribution in [3.8, 4) is 0 Å². The zero-order valence-corrected chi connectivity index (χ0v) is 20.0. The van der Waals surface area contributed by atoms with Gasteiger partial charge in [-0.2, -0.15) is 5.10 Å². The number of benzene rings is 2. The van der Waals surface area contributed by atoms with Gasteiger partial charge in [0.15, 0.2) is 5.78 Å². The van der Waals surface area contributed by atoms with Crippen LogP contribution in [0.25, 0.3) is 10.9 Å². The Kier molecular flexibility index (Phi) is 7.46. The van der Waals surface area contributed by atoms with Crippen molar-refractivity contribution < 1.29 is 14.3 Å². The molecule has 6 nitrogen and oxygen atoms in total. The number of nitrogens with zero attached hydrogens (tertiary/aromatic N) is 3. The Morgan fingerprint density at radius 3 is 2.58 bits per heavy atom. The Hall–Kier alpha value is -2.70. The van der Waals surface area contributed by atoms with Crippen LogP contribution in [0.5, 0.6) is 0 Å². The molecule has 1 fully saturated rings. The molecule has 1 aliphatic rings. The highest BCUT2D eigenvalue weighted by Gasteiger charge is 2.24. The van der Waals surface area contributed by atoms with Crippen molar-refractivity contribution in [3.05, 3.63) is 64.3 Å². The molecular weight excluding hydrogens is 438 g/mol. The summed E-state index contributed by atoms with van der Waals surface area (Å²) in [7, 11) is 1.65. The number of fused-ring (bicyclic) bond motifs is 1. The van der Waals surface area contributed by atoms with Crippen LogP contribution in [0.15, 0.2) is 42.6 Å². The lowest BCUT2D eigenvalue weighted by Gasteiger charge is -2.32. The second kappa shape index (κ2) is 10.5. The molecule has 33 heavy (non-hydrogen) atoms. The molecule has 2 heterocycles. The molecule has 0 radical (unpaired) electrons. The first-order chi connectivity index (χ1) is 15.9.